The van der Waals surface area contributed by atoms with Crippen LogP contribution >= 0.6 is 12.4 Å². The lowest BCUT2D eigenvalue weighted by molar-refractivity contribution is -0.274. The molecule has 0 unspecified atom stereocenters. The van der Waals surface area contributed by atoms with Gasteiger partial charge >= 0.3 is 6.36 Å². The Balaban J connectivity index is 0.00000200. The smallest absolute Gasteiger partial charge is 0.496 e. The van der Waals surface area contributed by atoms with Gasteiger partial charge in [0, 0.05) is 11.6 Å². The van der Waals surface area contributed by atoms with Crippen LogP contribution in [0.1, 0.15) is 30.9 Å². The molecule has 0 saturated heterocycles. The van der Waals surface area contributed by atoms with Gasteiger partial charge in [-0.3, -0.25) is 0 Å². The summed E-state index contributed by atoms with van der Waals surface area (Å²) in [6.45, 7) is 0. The van der Waals surface area contributed by atoms with Gasteiger partial charge in [0.05, 0.1) is 7.11 Å². The Morgan fingerprint density at radius 1 is 1.35 bits per heavy atom. The minimum atomic E-state index is -4.70. The van der Waals surface area contributed by atoms with E-state index in [1.807, 2.05) is 0 Å². The van der Waals surface area contributed by atoms with Gasteiger partial charge in [0.1, 0.15) is 11.5 Å². The van der Waals surface area contributed by atoms with E-state index in [4.69, 9.17) is 10.5 Å². The second-order valence-electron chi connectivity index (χ2n) is 4.74. The number of alkyl halides is 3. The summed E-state index contributed by atoms with van der Waals surface area (Å²) in [5.41, 5.74) is 6.58. The van der Waals surface area contributed by atoms with Gasteiger partial charge in [-0.15, -0.1) is 25.6 Å². The van der Waals surface area contributed by atoms with Crippen LogP contribution in [-0.4, -0.2) is 13.5 Å². The van der Waals surface area contributed by atoms with Crippen LogP contribution in [0.3, 0.4) is 0 Å². The third-order valence-electron chi connectivity index (χ3n) is 3.12. The summed E-state index contributed by atoms with van der Waals surface area (Å²) in [6.07, 6.45) is -1.68. The van der Waals surface area contributed by atoms with Crippen molar-refractivity contribution < 1.29 is 22.6 Å². The monoisotopic (exact) mass is 311 g/mol. The van der Waals surface area contributed by atoms with Gasteiger partial charge in [-0.1, -0.05) is 12.8 Å². The normalized spacial score (nSPS) is 16.2. The molecule has 0 bridgehead atoms. The number of hydrogen-bond acceptors (Lipinski definition) is 3. The van der Waals surface area contributed by atoms with Crippen molar-refractivity contribution >= 4 is 12.4 Å². The number of halogens is 4. The molecule has 0 heterocycles. The lowest BCUT2D eigenvalue weighted by Crippen LogP contribution is -2.18. The maximum atomic E-state index is 12.2. The molecule has 3 nitrogen and oxygen atoms in total. The molecule has 1 aliphatic rings. The van der Waals surface area contributed by atoms with E-state index in [9.17, 15) is 13.2 Å². The third-order valence-corrected chi connectivity index (χ3v) is 3.12. The van der Waals surface area contributed by atoms with E-state index in [-0.39, 0.29) is 24.2 Å². The molecule has 114 valence electrons. The molecule has 20 heavy (non-hydrogen) atoms. The van der Waals surface area contributed by atoms with Gasteiger partial charge < -0.3 is 15.2 Å². The fourth-order valence-electron chi connectivity index (χ4n) is 2.04. The Morgan fingerprint density at radius 3 is 2.50 bits per heavy atom. The molecule has 0 aliphatic heterocycles. The van der Waals surface area contributed by atoms with Gasteiger partial charge in [-0.25, -0.2) is 0 Å². The molecule has 1 aromatic rings. The van der Waals surface area contributed by atoms with Crippen LogP contribution in [-0.2, 0) is 0 Å². The second-order valence-corrected chi connectivity index (χ2v) is 4.74. The highest BCUT2D eigenvalue weighted by Crippen LogP contribution is 2.39. The summed E-state index contributed by atoms with van der Waals surface area (Å²) in [6, 6.07) is 3.64. The van der Waals surface area contributed by atoms with Crippen molar-refractivity contribution in [1.82, 2.24) is 0 Å². The fraction of sp³-hybridized carbons (Fsp3) is 0.538. The first kappa shape index (κ1) is 16.9. The lowest BCUT2D eigenvalue weighted by Gasteiger charge is -2.17. The average Bonchev–Trinajstić information content (AvgIpc) is 3.10. The zero-order chi connectivity index (χ0) is 14.0. The molecule has 1 saturated carbocycles. The topological polar surface area (TPSA) is 44.5 Å². The molecule has 7 heteroatoms. The van der Waals surface area contributed by atoms with E-state index in [1.165, 1.54) is 25.3 Å². The minimum absolute atomic E-state index is 0. The van der Waals surface area contributed by atoms with Crippen molar-refractivity contribution in [2.45, 2.75) is 31.7 Å². The molecule has 0 amide bonds. The summed E-state index contributed by atoms with van der Waals surface area (Å²) in [5.74, 6) is 0.795. The van der Waals surface area contributed by atoms with Crippen LogP contribution in [0.15, 0.2) is 18.2 Å². The standard InChI is InChI=1S/C13H16F3NO2.ClH/c1-18-12-5-4-9(19-13(14,15)16)7-10(12)11(17)6-8-2-3-8;/h4-5,7-8,11H,2-3,6,17H2,1H3;1H/t11-;/m0./s1. The predicted octanol–water partition coefficient (Wildman–Crippen LogP) is 3.82. The van der Waals surface area contributed by atoms with Crippen LogP contribution in [0.4, 0.5) is 13.2 Å². The molecule has 1 aromatic carbocycles. The van der Waals surface area contributed by atoms with E-state index in [0.717, 1.165) is 19.3 Å². The highest BCUT2D eigenvalue weighted by Gasteiger charge is 2.32. The highest BCUT2D eigenvalue weighted by molar-refractivity contribution is 5.85. The quantitative estimate of drug-likeness (QED) is 0.899. The maximum Gasteiger partial charge on any atom is 0.573 e. The van der Waals surface area contributed by atoms with Crippen LogP contribution in [0, 0.1) is 5.92 Å². The van der Waals surface area contributed by atoms with E-state index >= 15 is 0 Å². The first-order valence-electron chi connectivity index (χ1n) is 6.08. The van der Waals surface area contributed by atoms with Gasteiger partial charge in [-0.2, -0.15) is 0 Å². The zero-order valence-electron chi connectivity index (χ0n) is 10.9. The molecule has 1 fully saturated rings. The Hall–Kier alpha value is -1.14. The first-order chi connectivity index (χ1) is 8.89. The average molecular weight is 312 g/mol. The molecule has 1 atom stereocenters. The van der Waals surface area contributed by atoms with Crippen LogP contribution in [0.25, 0.3) is 0 Å². The Morgan fingerprint density at radius 2 is 2.00 bits per heavy atom. The largest absolute Gasteiger partial charge is 0.573 e. The summed E-state index contributed by atoms with van der Waals surface area (Å²) in [5, 5.41) is 0. The molecule has 0 spiro atoms. The minimum Gasteiger partial charge on any atom is -0.496 e. The Bertz CT molecular complexity index is 450. The number of ether oxygens (including phenoxy) is 2. The third kappa shape index (κ3) is 4.76. The van der Waals surface area contributed by atoms with Gasteiger partial charge in [0.25, 0.3) is 0 Å². The zero-order valence-corrected chi connectivity index (χ0v) is 11.8. The van der Waals surface area contributed by atoms with Crippen molar-refractivity contribution in [3.8, 4) is 11.5 Å². The van der Waals surface area contributed by atoms with E-state index in [1.54, 1.807) is 0 Å². The maximum absolute atomic E-state index is 12.2. The van der Waals surface area contributed by atoms with Crippen LogP contribution < -0.4 is 15.2 Å². The molecule has 1 aliphatic carbocycles. The first-order valence-corrected chi connectivity index (χ1v) is 6.08. The fourth-order valence-corrected chi connectivity index (χ4v) is 2.04. The Kier molecular flexibility index (Phi) is 5.53. The summed E-state index contributed by atoms with van der Waals surface area (Å²) in [4.78, 5) is 0. The van der Waals surface area contributed by atoms with Crippen LogP contribution in [0.2, 0.25) is 0 Å². The molecular weight excluding hydrogens is 295 g/mol. The SMILES string of the molecule is COc1ccc(OC(F)(F)F)cc1[C@@H](N)CC1CC1.Cl. The van der Waals surface area contributed by atoms with Gasteiger partial charge in [0.2, 0.25) is 0 Å². The molecule has 0 radical (unpaired) electrons. The molecule has 2 N–H and O–H groups in total. The number of rotatable bonds is 5. The van der Waals surface area contributed by atoms with E-state index in [2.05, 4.69) is 4.74 Å². The Labute approximate surface area is 121 Å². The highest BCUT2D eigenvalue weighted by atomic mass is 35.5. The van der Waals surface area contributed by atoms with E-state index in [0.29, 0.717) is 17.2 Å². The van der Waals surface area contributed by atoms with Crippen LogP contribution in [0.5, 0.6) is 11.5 Å². The van der Waals surface area contributed by atoms with E-state index < -0.39 is 6.36 Å². The number of methoxy groups -OCH3 is 1. The van der Waals surface area contributed by atoms with Gasteiger partial charge in [-0.05, 0) is 30.5 Å². The van der Waals surface area contributed by atoms with Gasteiger partial charge in [0.15, 0.2) is 0 Å². The van der Waals surface area contributed by atoms with Crippen molar-refractivity contribution in [1.29, 1.82) is 0 Å². The molecule has 0 aromatic heterocycles. The lowest BCUT2D eigenvalue weighted by atomic mass is 10.0. The second kappa shape index (κ2) is 6.54. The molecular formula is C13H17ClF3NO2. The van der Waals surface area contributed by atoms with Crippen molar-refractivity contribution in [3.05, 3.63) is 23.8 Å². The van der Waals surface area contributed by atoms with Crippen molar-refractivity contribution in [3.63, 3.8) is 0 Å². The molecule has 2 rings (SSSR count). The summed E-state index contributed by atoms with van der Waals surface area (Å²) < 4.78 is 45.6. The summed E-state index contributed by atoms with van der Waals surface area (Å²) >= 11 is 0. The van der Waals surface area contributed by atoms with Crippen molar-refractivity contribution in [2.75, 3.05) is 7.11 Å². The summed E-state index contributed by atoms with van der Waals surface area (Å²) in [7, 11) is 1.47. The van der Waals surface area contributed by atoms with Crippen molar-refractivity contribution in [2.24, 2.45) is 11.7 Å². The number of hydrogen-bond donors (Lipinski definition) is 1. The number of nitrogens with two attached hydrogens (primary N) is 1. The predicted molar refractivity (Wildman–Crippen MR) is 71.2 cm³/mol. The number of benzene rings is 1.